The maximum atomic E-state index is 2.57. The Balaban J connectivity index is 0.825. The molecule has 2 spiro atoms. The van der Waals surface area contributed by atoms with E-state index in [1.54, 1.807) is 11.1 Å². The molecule has 16 rings (SSSR count). The van der Waals surface area contributed by atoms with Crippen LogP contribution in [0.4, 0.5) is 17.1 Å². The van der Waals surface area contributed by atoms with E-state index in [0.29, 0.717) is 5.41 Å². The van der Waals surface area contributed by atoms with E-state index in [0.717, 1.165) is 46.4 Å². The van der Waals surface area contributed by atoms with Crippen molar-refractivity contribution in [3.05, 3.63) is 223 Å². The number of fused-ring (bicyclic) bond motifs is 15. The molecule has 68 heavy (non-hydrogen) atoms. The van der Waals surface area contributed by atoms with Gasteiger partial charge >= 0.3 is 0 Å². The monoisotopic (exact) mass is 871 g/mol. The second-order valence-electron chi connectivity index (χ2n) is 21.0. The van der Waals surface area contributed by atoms with Crippen molar-refractivity contribution in [2.75, 3.05) is 4.90 Å². The fourth-order valence-electron chi connectivity index (χ4n) is 15.8. The number of nitrogens with zero attached hydrogens (tertiary/aromatic N) is 3. The minimum Gasteiger partial charge on any atom is -0.310 e. The molecule has 5 aliphatic rings. The van der Waals surface area contributed by atoms with Crippen molar-refractivity contribution in [3.63, 3.8) is 0 Å². The fraction of sp³-hybridized carbons (Fsp3) is 0.169. The standard InChI is InChI=1S/C65H49N3/c1-2-12-46(13-3-1)67-61-21-11-7-17-54(61)56-38-50(31-33-62(56)67)66(48-27-29-49(30-28-48)68-59-19-9-5-15-52(59)53-16-6-10-20-60(53)68)47-25-22-42(23-26-47)43-24-32-58-55(36-43)51-14-4-8-18-57(51)65(58)45-35-41-34-44-37-63(65)64(44,39-41)40-45/h1-33,36,38,41,44-45,63H,34-35,37,39-40H2. The van der Waals surface area contributed by atoms with Gasteiger partial charge in [0.15, 0.2) is 0 Å². The summed E-state index contributed by atoms with van der Waals surface area (Å²) >= 11 is 0. The normalized spacial score (nSPS) is 23.7. The Hall–Kier alpha value is -7.62. The predicted molar refractivity (Wildman–Crippen MR) is 281 cm³/mol. The highest BCUT2D eigenvalue weighted by Crippen LogP contribution is 2.83. The highest BCUT2D eigenvalue weighted by Gasteiger charge is 2.76. The Morgan fingerprint density at radius 3 is 1.65 bits per heavy atom. The molecule has 6 atom stereocenters. The van der Waals surface area contributed by atoms with Crippen molar-refractivity contribution < 1.29 is 0 Å². The van der Waals surface area contributed by atoms with E-state index in [2.05, 4.69) is 226 Å². The highest BCUT2D eigenvalue weighted by molar-refractivity contribution is 6.11. The summed E-state index contributed by atoms with van der Waals surface area (Å²) in [5.41, 5.74) is 20.1. The van der Waals surface area contributed by atoms with Crippen molar-refractivity contribution >= 4 is 60.7 Å². The van der Waals surface area contributed by atoms with Gasteiger partial charge < -0.3 is 14.0 Å². The Morgan fingerprint density at radius 2 is 0.926 bits per heavy atom. The topological polar surface area (TPSA) is 13.1 Å². The minimum absolute atomic E-state index is 0.200. The van der Waals surface area contributed by atoms with Crippen LogP contribution in [0, 0.1) is 29.1 Å². The molecule has 0 aliphatic heterocycles. The molecule has 5 aliphatic carbocycles. The lowest BCUT2D eigenvalue weighted by Gasteiger charge is -2.54. The average molecular weight is 872 g/mol. The van der Waals surface area contributed by atoms with Gasteiger partial charge in [0.2, 0.25) is 0 Å². The molecule has 3 bridgehead atoms. The lowest BCUT2D eigenvalue weighted by Crippen LogP contribution is -2.50. The van der Waals surface area contributed by atoms with Gasteiger partial charge in [-0.3, -0.25) is 0 Å². The largest absolute Gasteiger partial charge is 0.310 e. The minimum atomic E-state index is 0.200. The molecule has 6 unspecified atom stereocenters. The van der Waals surface area contributed by atoms with Gasteiger partial charge in [0.05, 0.1) is 22.1 Å². The maximum Gasteiger partial charge on any atom is 0.0542 e. The maximum absolute atomic E-state index is 2.57. The van der Waals surface area contributed by atoms with Gasteiger partial charge in [0.1, 0.15) is 0 Å². The van der Waals surface area contributed by atoms with Crippen molar-refractivity contribution in [1.82, 2.24) is 9.13 Å². The summed E-state index contributed by atoms with van der Waals surface area (Å²) in [4.78, 5) is 2.44. The second kappa shape index (κ2) is 13.5. The third-order valence-corrected chi connectivity index (χ3v) is 18.2. The zero-order valence-corrected chi connectivity index (χ0v) is 37.9. The third kappa shape index (κ3) is 4.79. The molecule has 0 amide bonds. The fourth-order valence-corrected chi connectivity index (χ4v) is 15.8. The number of hydrogen-bond donors (Lipinski definition) is 0. The third-order valence-electron chi connectivity index (χ3n) is 18.2. The number of aromatic nitrogens is 2. The molecule has 4 fully saturated rings. The van der Waals surface area contributed by atoms with Crippen LogP contribution in [-0.4, -0.2) is 9.13 Å². The first-order chi connectivity index (χ1) is 33.7. The first-order valence-corrected chi connectivity index (χ1v) is 25.0. The zero-order valence-electron chi connectivity index (χ0n) is 37.9. The van der Waals surface area contributed by atoms with Crippen LogP contribution in [0.2, 0.25) is 0 Å². The van der Waals surface area contributed by atoms with Crippen LogP contribution in [0.1, 0.15) is 43.2 Å². The van der Waals surface area contributed by atoms with Crippen LogP contribution in [0.15, 0.2) is 212 Å². The van der Waals surface area contributed by atoms with Crippen LogP contribution in [-0.2, 0) is 5.41 Å². The number of hydrogen-bond acceptors (Lipinski definition) is 1. The van der Waals surface area contributed by atoms with E-state index in [1.807, 2.05) is 0 Å². The molecule has 3 heteroatoms. The van der Waals surface area contributed by atoms with Crippen LogP contribution in [0.5, 0.6) is 0 Å². The molecule has 0 saturated heterocycles. The van der Waals surface area contributed by atoms with Crippen LogP contribution < -0.4 is 4.90 Å². The van der Waals surface area contributed by atoms with E-state index in [-0.39, 0.29) is 5.41 Å². The van der Waals surface area contributed by atoms with Crippen LogP contribution in [0.3, 0.4) is 0 Å². The van der Waals surface area contributed by atoms with E-state index < -0.39 is 0 Å². The molecule has 2 aromatic heterocycles. The van der Waals surface area contributed by atoms with Crippen molar-refractivity contribution in [3.8, 4) is 33.6 Å². The molecule has 11 aromatic rings. The molecule has 0 N–H and O–H groups in total. The van der Waals surface area contributed by atoms with Crippen molar-refractivity contribution in [2.45, 2.75) is 37.5 Å². The second-order valence-corrected chi connectivity index (χ2v) is 21.0. The molecule has 4 saturated carbocycles. The Morgan fingerprint density at radius 1 is 0.382 bits per heavy atom. The van der Waals surface area contributed by atoms with Gasteiger partial charge in [-0.2, -0.15) is 0 Å². The van der Waals surface area contributed by atoms with Gasteiger partial charge in [0.25, 0.3) is 0 Å². The summed E-state index contributed by atoms with van der Waals surface area (Å²) in [7, 11) is 0. The van der Waals surface area contributed by atoms with Gasteiger partial charge in [-0.1, -0.05) is 121 Å². The number of anilines is 3. The van der Waals surface area contributed by atoms with Gasteiger partial charge in [-0.25, -0.2) is 0 Å². The van der Waals surface area contributed by atoms with Crippen molar-refractivity contribution in [2.24, 2.45) is 29.1 Å². The smallest absolute Gasteiger partial charge is 0.0542 e. The van der Waals surface area contributed by atoms with E-state index in [4.69, 9.17) is 0 Å². The first kappa shape index (κ1) is 37.5. The lowest BCUT2D eigenvalue weighted by molar-refractivity contribution is -0.0193. The summed E-state index contributed by atoms with van der Waals surface area (Å²) < 4.78 is 4.80. The molecule has 0 radical (unpaired) electrons. The van der Waals surface area contributed by atoms with Crippen molar-refractivity contribution in [1.29, 1.82) is 0 Å². The zero-order chi connectivity index (χ0) is 44.3. The lowest BCUT2D eigenvalue weighted by atomic mass is 9.49. The number of para-hydroxylation sites is 4. The Bertz CT molecular complexity index is 3820. The van der Waals surface area contributed by atoms with Crippen LogP contribution in [0.25, 0.3) is 77.2 Å². The van der Waals surface area contributed by atoms with E-state index in [1.165, 1.54) is 104 Å². The summed E-state index contributed by atoms with van der Waals surface area (Å²) in [6, 6.07) is 79.8. The number of benzene rings is 9. The van der Waals surface area contributed by atoms with Gasteiger partial charge in [-0.05, 0) is 186 Å². The molecule has 2 heterocycles. The highest BCUT2D eigenvalue weighted by atomic mass is 15.1. The average Bonchev–Trinajstić information content (AvgIpc) is 4.10. The molecule has 3 nitrogen and oxygen atoms in total. The molecule has 324 valence electrons. The van der Waals surface area contributed by atoms with Crippen LogP contribution >= 0.6 is 0 Å². The molecule has 9 aromatic carbocycles. The molecular formula is C65H49N3. The summed E-state index contributed by atoms with van der Waals surface area (Å²) in [6.07, 6.45) is 7.32. The first-order valence-electron chi connectivity index (χ1n) is 25.0. The van der Waals surface area contributed by atoms with Gasteiger partial charge in [-0.15, -0.1) is 0 Å². The summed E-state index contributed by atoms with van der Waals surface area (Å²) in [5.74, 6) is 3.51. The summed E-state index contributed by atoms with van der Waals surface area (Å²) in [6.45, 7) is 0. The Kier molecular flexibility index (Phi) is 7.45. The quantitative estimate of drug-likeness (QED) is 0.162. The predicted octanol–water partition coefficient (Wildman–Crippen LogP) is 16.7. The molecular weight excluding hydrogens is 823 g/mol. The van der Waals surface area contributed by atoms with Gasteiger partial charge in [0, 0.05) is 55.4 Å². The summed E-state index contributed by atoms with van der Waals surface area (Å²) in [5, 5.41) is 5.02. The Labute approximate surface area is 396 Å². The SMILES string of the molecule is c1ccc(-n2c3ccccc3c3cc(N(c4ccc(-c5ccc6c(c5)-c5ccccc5C65C6CC7CC8CC5C8(C7)C6)cc4)c4ccc(-n5c6ccccc6c6ccccc65)cc4)ccc32)cc1. The van der Waals surface area contributed by atoms with E-state index in [9.17, 15) is 0 Å². The number of rotatable bonds is 6. The van der Waals surface area contributed by atoms with E-state index >= 15 is 0 Å².